The summed E-state index contributed by atoms with van der Waals surface area (Å²) in [4.78, 5) is 24.7. The fourth-order valence-corrected chi connectivity index (χ4v) is 10.0. The Morgan fingerprint density at radius 2 is 1.52 bits per heavy atom. The molecule has 2 heterocycles. The van der Waals surface area contributed by atoms with Crippen molar-refractivity contribution in [2.45, 2.75) is 50.5 Å². The van der Waals surface area contributed by atoms with Gasteiger partial charge in [0.15, 0.2) is 0 Å². The Hall–Kier alpha value is -2.70. The second-order valence-electron chi connectivity index (χ2n) is 8.74. The van der Waals surface area contributed by atoms with Crippen LogP contribution in [0.4, 0.5) is 0 Å². The van der Waals surface area contributed by atoms with Gasteiger partial charge in [0.05, 0.1) is 12.3 Å². The molecule has 4 rings (SSSR count). The van der Waals surface area contributed by atoms with Crippen molar-refractivity contribution in [2.75, 3.05) is 7.11 Å². The number of esters is 2. The highest BCUT2D eigenvalue weighted by Crippen LogP contribution is 2.54. The van der Waals surface area contributed by atoms with Gasteiger partial charge in [-0.25, -0.2) is 4.79 Å². The topological polar surface area (TPSA) is 61.8 Å². The lowest BCUT2D eigenvalue weighted by Crippen LogP contribution is -2.72. The Labute approximate surface area is 184 Å². The predicted octanol–water partition coefficient (Wildman–Crippen LogP) is 3.12. The van der Waals surface area contributed by atoms with Crippen molar-refractivity contribution in [1.29, 1.82) is 0 Å². The van der Waals surface area contributed by atoms with Gasteiger partial charge < -0.3 is 14.2 Å². The lowest BCUT2D eigenvalue weighted by atomic mass is 9.92. The van der Waals surface area contributed by atoms with Crippen LogP contribution in [-0.4, -0.2) is 37.9 Å². The minimum absolute atomic E-state index is 0.329. The van der Waals surface area contributed by atoms with Crippen LogP contribution >= 0.6 is 0 Å². The van der Waals surface area contributed by atoms with Crippen molar-refractivity contribution < 1.29 is 23.8 Å². The van der Waals surface area contributed by atoms with E-state index in [2.05, 4.69) is 55.1 Å². The number of fused-ring (bicyclic) bond motifs is 2. The summed E-state index contributed by atoms with van der Waals surface area (Å²) in [6, 6.07) is 20.9. The fourth-order valence-electron chi connectivity index (χ4n) is 5.37. The van der Waals surface area contributed by atoms with Crippen LogP contribution in [0.1, 0.15) is 33.1 Å². The van der Waals surface area contributed by atoms with Crippen LogP contribution in [0.15, 0.2) is 72.0 Å². The zero-order chi connectivity index (χ0) is 22.3. The molecule has 0 N–H and O–H groups in total. The van der Waals surface area contributed by atoms with Crippen molar-refractivity contribution in [2.24, 2.45) is 0 Å². The lowest BCUT2D eigenvalue weighted by molar-refractivity contribution is -0.145. The number of rotatable bonds is 5. The summed E-state index contributed by atoms with van der Waals surface area (Å²) in [5.41, 5.74) is -0.538. The molecule has 0 aliphatic carbocycles. The first-order valence-corrected chi connectivity index (χ1v) is 13.1. The van der Waals surface area contributed by atoms with Crippen molar-refractivity contribution in [3.63, 3.8) is 0 Å². The Balaban J connectivity index is 1.94. The van der Waals surface area contributed by atoms with E-state index in [4.69, 9.17) is 14.2 Å². The highest BCUT2D eigenvalue weighted by Gasteiger charge is 2.65. The zero-order valence-electron chi connectivity index (χ0n) is 18.4. The number of methoxy groups -OCH3 is 1. The van der Waals surface area contributed by atoms with Gasteiger partial charge >= 0.3 is 11.9 Å². The van der Waals surface area contributed by atoms with Gasteiger partial charge in [-0.3, -0.25) is 4.79 Å². The molecule has 0 radical (unpaired) electrons. The molecule has 1 saturated heterocycles. The summed E-state index contributed by atoms with van der Waals surface area (Å²) < 4.78 is 17.6. The Morgan fingerprint density at radius 3 is 2.00 bits per heavy atom. The molecule has 0 saturated carbocycles. The number of benzene rings is 2. The highest BCUT2D eigenvalue weighted by atomic mass is 28.3. The smallest absolute Gasteiger partial charge is 0.340 e. The molecule has 2 aromatic carbocycles. The number of hydrogen-bond donors (Lipinski definition) is 0. The van der Waals surface area contributed by atoms with E-state index in [1.165, 1.54) is 24.4 Å². The number of hydrogen-bond acceptors (Lipinski definition) is 5. The molecule has 1 fully saturated rings. The maximum Gasteiger partial charge on any atom is 0.340 e. The first kappa shape index (κ1) is 21.5. The summed E-state index contributed by atoms with van der Waals surface area (Å²) in [7, 11) is -1.18. The maximum atomic E-state index is 12.7. The molecule has 2 aliphatic heterocycles. The number of ether oxygens (including phenoxy) is 3. The average molecular weight is 437 g/mol. The number of carbonyl (C=O) groups excluding carboxylic acids is 2. The van der Waals surface area contributed by atoms with Crippen LogP contribution in [0, 0.1) is 0 Å². The predicted molar refractivity (Wildman–Crippen MR) is 121 cm³/mol. The summed E-state index contributed by atoms with van der Waals surface area (Å²) >= 11 is 0. The molecule has 2 aliphatic rings. The van der Waals surface area contributed by atoms with Crippen LogP contribution in [0.25, 0.3) is 0 Å². The molecule has 0 amide bonds. The normalized spacial score (nSPS) is 25.3. The molecule has 2 atom stereocenters. The van der Waals surface area contributed by atoms with E-state index in [-0.39, 0.29) is 0 Å². The largest absolute Gasteiger partial charge is 0.465 e. The van der Waals surface area contributed by atoms with E-state index < -0.39 is 30.8 Å². The van der Waals surface area contributed by atoms with Crippen LogP contribution in [0.5, 0.6) is 0 Å². The molecular formula is C25H28O5Si. The van der Waals surface area contributed by atoms with Gasteiger partial charge in [-0.15, -0.1) is 0 Å². The third-order valence-corrected chi connectivity index (χ3v) is 12.3. The summed E-state index contributed by atoms with van der Waals surface area (Å²) in [6.07, 6.45) is 1.78. The molecule has 31 heavy (non-hydrogen) atoms. The van der Waals surface area contributed by atoms with Gasteiger partial charge in [0, 0.05) is 13.3 Å². The Morgan fingerprint density at radius 1 is 0.968 bits per heavy atom. The molecule has 2 bridgehead atoms. The van der Waals surface area contributed by atoms with E-state index in [0.717, 1.165) is 6.42 Å². The third-order valence-electron chi connectivity index (χ3n) is 6.95. The van der Waals surface area contributed by atoms with Gasteiger partial charge in [0.1, 0.15) is 25.0 Å². The SMILES string of the molecule is COC(=O)C1=C(OC(C)=O)C[C@@]2([Si](C)(c3ccccc3)c3ccccc3)CC[C@]1(C)O2. The molecular weight excluding hydrogens is 408 g/mol. The van der Waals surface area contributed by atoms with E-state index in [1.54, 1.807) is 0 Å². The zero-order valence-corrected chi connectivity index (χ0v) is 19.4. The van der Waals surface area contributed by atoms with Crippen LogP contribution in [0.3, 0.4) is 0 Å². The third kappa shape index (κ3) is 3.34. The molecule has 6 heteroatoms. The highest BCUT2D eigenvalue weighted by molar-refractivity contribution is 7.03. The van der Waals surface area contributed by atoms with Gasteiger partial charge in [-0.2, -0.15) is 0 Å². The molecule has 5 nitrogen and oxygen atoms in total. The van der Waals surface area contributed by atoms with Crippen molar-refractivity contribution in [3.05, 3.63) is 72.0 Å². The van der Waals surface area contributed by atoms with Gasteiger partial charge in [-0.1, -0.05) is 77.6 Å². The van der Waals surface area contributed by atoms with Crippen molar-refractivity contribution >= 4 is 30.4 Å². The minimum atomic E-state index is -2.52. The van der Waals surface area contributed by atoms with E-state index in [0.29, 0.717) is 24.2 Å². The Kier molecular flexibility index (Phi) is 5.39. The second kappa shape index (κ2) is 7.77. The number of carbonyl (C=O) groups is 2. The van der Waals surface area contributed by atoms with E-state index in [9.17, 15) is 9.59 Å². The monoisotopic (exact) mass is 436 g/mol. The Bertz CT molecular complexity index is 993. The molecule has 0 aromatic heterocycles. The van der Waals surface area contributed by atoms with Crippen LogP contribution < -0.4 is 10.4 Å². The van der Waals surface area contributed by atoms with Gasteiger partial charge in [0.2, 0.25) is 0 Å². The summed E-state index contributed by atoms with van der Waals surface area (Å²) in [5.74, 6) is -0.563. The molecule has 162 valence electrons. The molecule has 0 unspecified atom stereocenters. The van der Waals surface area contributed by atoms with Gasteiger partial charge in [-0.05, 0) is 19.8 Å². The summed E-state index contributed by atoms with van der Waals surface area (Å²) in [5, 5.41) is 1.93. The first-order valence-electron chi connectivity index (χ1n) is 10.6. The van der Waals surface area contributed by atoms with Crippen LogP contribution in [0.2, 0.25) is 6.55 Å². The quantitative estimate of drug-likeness (QED) is 0.532. The fraction of sp³-hybridized carbons (Fsp3) is 0.360. The molecule has 0 spiro atoms. The minimum Gasteiger partial charge on any atom is -0.465 e. The first-order chi connectivity index (χ1) is 14.8. The second-order valence-corrected chi connectivity index (χ2v) is 13.1. The van der Waals surface area contributed by atoms with Crippen LogP contribution in [-0.2, 0) is 23.8 Å². The van der Waals surface area contributed by atoms with E-state index >= 15 is 0 Å². The van der Waals surface area contributed by atoms with E-state index in [1.807, 2.05) is 19.1 Å². The van der Waals surface area contributed by atoms with Gasteiger partial charge in [0.25, 0.3) is 0 Å². The molecule has 2 aromatic rings. The maximum absolute atomic E-state index is 12.7. The van der Waals surface area contributed by atoms with Crippen molar-refractivity contribution in [1.82, 2.24) is 0 Å². The summed E-state index contributed by atoms with van der Waals surface area (Å²) in [6.45, 7) is 5.59. The lowest BCUT2D eigenvalue weighted by Gasteiger charge is -2.49. The van der Waals surface area contributed by atoms with Crippen molar-refractivity contribution in [3.8, 4) is 0 Å². The average Bonchev–Trinajstić information content (AvgIpc) is 3.06. The standard InChI is InChI=1S/C25H28O5Si/c1-18(26)29-21-17-25(16-15-24(2,30-25)22(21)23(27)28-3)31(4,19-11-7-5-8-12-19)20-13-9-6-10-14-20/h5-14H,15-17H2,1-4H3/t24-,25-/m0/s1.